The number of hydrogen-bond acceptors (Lipinski definition) is 8. The normalized spacial score (nSPS) is 11.4. The van der Waals surface area contributed by atoms with Gasteiger partial charge in [-0.3, -0.25) is 9.78 Å². The molecule has 0 saturated heterocycles. The molecular formula is C27H31N7O2. The predicted molar refractivity (Wildman–Crippen MR) is 140 cm³/mol. The Bertz CT molecular complexity index is 1390. The van der Waals surface area contributed by atoms with Crippen molar-refractivity contribution >= 4 is 23.1 Å². The lowest BCUT2D eigenvalue weighted by molar-refractivity contribution is 0.0188. The molecule has 36 heavy (non-hydrogen) atoms. The first-order valence-corrected chi connectivity index (χ1v) is 11.7. The number of carbonyl (C=O) groups excluding carboxylic acids is 1. The number of ketones is 1. The molecule has 0 aliphatic rings. The summed E-state index contributed by atoms with van der Waals surface area (Å²) in [6.07, 6.45) is 5.23. The number of methoxy groups -OCH3 is 1. The van der Waals surface area contributed by atoms with Crippen LogP contribution in [0.1, 0.15) is 46.6 Å². The molecule has 2 N–H and O–H groups in total. The molecule has 9 heteroatoms. The van der Waals surface area contributed by atoms with Crippen molar-refractivity contribution < 1.29 is 9.53 Å². The van der Waals surface area contributed by atoms with Gasteiger partial charge in [0.1, 0.15) is 18.0 Å². The maximum absolute atomic E-state index is 13.2. The third-order valence-corrected chi connectivity index (χ3v) is 6.14. The van der Waals surface area contributed by atoms with Crippen molar-refractivity contribution in [2.45, 2.75) is 39.7 Å². The molecule has 3 heterocycles. The van der Waals surface area contributed by atoms with Crippen molar-refractivity contribution in [2.24, 2.45) is 0 Å². The molecule has 0 amide bonds. The highest BCUT2D eigenvalue weighted by Crippen LogP contribution is 2.27. The van der Waals surface area contributed by atoms with Crippen LogP contribution in [-0.2, 0) is 16.8 Å². The van der Waals surface area contributed by atoms with E-state index in [1.165, 1.54) is 6.33 Å². The standard InChI is InChI=1S/C27H31N7O2/c1-17-7-8-20(23(35)11-19-10-21(15-29-14-19)27(3,4)36-6)12-22(17)32-26-9-18(2)33-34(26)25-13-24(28-5)30-16-31-25/h7-10,12-16,32H,11H2,1-6H3,(H,28,30,31). The van der Waals surface area contributed by atoms with Gasteiger partial charge < -0.3 is 15.4 Å². The Morgan fingerprint density at radius 1 is 1.08 bits per heavy atom. The summed E-state index contributed by atoms with van der Waals surface area (Å²) in [4.78, 5) is 26.0. The number of pyridine rings is 1. The van der Waals surface area contributed by atoms with E-state index < -0.39 is 5.60 Å². The predicted octanol–water partition coefficient (Wildman–Crippen LogP) is 4.77. The van der Waals surface area contributed by atoms with Gasteiger partial charge in [0.2, 0.25) is 0 Å². The molecule has 3 aromatic heterocycles. The minimum atomic E-state index is -0.480. The number of anilines is 3. The Hall–Kier alpha value is -4.11. The monoisotopic (exact) mass is 485 g/mol. The third kappa shape index (κ3) is 5.41. The molecule has 4 aromatic rings. The zero-order valence-electron chi connectivity index (χ0n) is 21.5. The van der Waals surface area contributed by atoms with Crippen molar-refractivity contribution in [1.82, 2.24) is 24.7 Å². The summed E-state index contributed by atoms with van der Waals surface area (Å²) in [6, 6.07) is 11.4. The third-order valence-electron chi connectivity index (χ3n) is 6.14. The van der Waals surface area contributed by atoms with Crippen LogP contribution in [0.5, 0.6) is 0 Å². The van der Waals surface area contributed by atoms with Crippen LogP contribution in [-0.4, -0.2) is 44.7 Å². The number of nitrogens with one attached hydrogen (secondary N) is 2. The molecule has 186 valence electrons. The summed E-state index contributed by atoms with van der Waals surface area (Å²) < 4.78 is 7.28. The second-order valence-electron chi connectivity index (χ2n) is 9.15. The smallest absolute Gasteiger partial charge is 0.167 e. The van der Waals surface area contributed by atoms with Crippen molar-refractivity contribution in [3.05, 3.63) is 83.1 Å². The first-order chi connectivity index (χ1) is 17.2. The molecule has 0 spiro atoms. The first-order valence-electron chi connectivity index (χ1n) is 11.7. The van der Waals surface area contributed by atoms with Gasteiger partial charge in [-0.15, -0.1) is 0 Å². The van der Waals surface area contributed by atoms with E-state index in [9.17, 15) is 4.79 Å². The molecule has 0 radical (unpaired) electrons. The van der Waals surface area contributed by atoms with Gasteiger partial charge in [-0.1, -0.05) is 12.1 Å². The Kier molecular flexibility index (Phi) is 7.12. The summed E-state index contributed by atoms with van der Waals surface area (Å²) in [7, 11) is 3.46. The Morgan fingerprint density at radius 3 is 2.64 bits per heavy atom. The van der Waals surface area contributed by atoms with Crippen molar-refractivity contribution in [3.63, 3.8) is 0 Å². The van der Waals surface area contributed by atoms with E-state index in [4.69, 9.17) is 4.74 Å². The second-order valence-corrected chi connectivity index (χ2v) is 9.15. The van der Waals surface area contributed by atoms with E-state index in [1.54, 1.807) is 31.2 Å². The fourth-order valence-electron chi connectivity index (χ4n) is 3.75. The van der Waals surface area contributed by atoms with Gasteiger partial charge in [-0.05, 0) is 51.0 Å². The molecular weight excluding hydrogens is 454 g/mol. The molecule has 0 atom stereocenters. The summed E-state index contributed by atoms with van der Waals surface area (Å²) >= 11 is 0. The first kappa shape index (κ1) is 25.0. The molecule has 0 aliphatic carbocycles. The molecule has 0 saturated carbocycles. The van der Waals surface area contributed by atoms with Gasteiger partial charge in [-0.2, -0.15) is 9.78 Å². The zero-order valence-corrected chi connectivity index (χ0v) is 21.5. The number of ether oxygens (including phenoxy) is 1. The minimum absolute atomic E-state index is 0.00590. The van der Waals surface area contributed by atoms with Crippen LogP contribution in [0.25, 0.3) is 5.82 Å². The topological polar surface area (TPSA) is 107 Å². The number of aromatic nitrogens is 5. The van der Waals surface area contributed by atoms with Crippen LogP contribution in [0.15, 0.2) is 55.1 Å². The van der Waals surface area contributed by atoms with E-state index in [0.29, 0.717) is 17.2 Å². The lowest BCUT2D eigenvalue weighted by atomic mass is 9.96. The Morgan fingerprint density at radius 2 is 1.89 bits per heavy atom. The Balaban J connectivity index is 1.59. The van der Waals surface area contributed by atoms with Gasteiger partial charge in [-0.25, -0.2) is 9.97 Å². The average Bonchev–Trinajstić information content (AvgIpc) is 3.25. The zero-order chi connectivity index (χ0) is 25.9. The average molecular weight is 486 g/mol. The number of benzene rings is 1. The molecule has 4 rings (SSSR count). The van der Waals surface area contributed by atoms with Crippen LogP contribution in [0.3, 0.4) is 0 Å². The van der Waals surface area contributed by atoms with Crippen molar-refractivity contribution in [3.8, 4) is 5.82 Å². The lowest BCUT2D eigenvalue weighted by Crippen LogP contribution is -2.20. The molecule has 0 fully saturated rings. The summed E-state index contributed by atoms with van der Waals surface area (Å²) in [6.45, 7) is 7.86. The number of aryl methyl sites for hydroxylation is 2. The van der Waals surface area contributed by atoms with Crippen LogP contribution in [0.4, 0.5) is 17.3 Å². The number of hydrogen-bond donors (Lipinski definition) is 2. The van der Waals surface area contributed by atoms with E-state index in [-0.39, 0.29) is 12.2 Å². The van der Waals surface area contributed by atoms with Crippen LogP contribution < -0.4 is 10.6 Å². The van der Waals surface area contributed by atoms with E-state index in [1.807, 2.05) is 64.1 Å². The van der Waals surface area contributed by atoms with Crippen molar-refractivity contribution in [1.29, 1.82) is 0 Å². The molecule has 0 unspecified atom stereocenters. The number of carbonyl (C=O) groups is 1. The summed E-state index contributed by atoms with van der Waals surface area (Å²) in [5, 5.41) is 11.0. The van der Waals surface area contributed by atoms with E-state index in [2.05, 4.69) is 30.7 Å². The second kappa shape index (κ2) is 10.2. The summed E-state index contributed by atoms with van der Waals surface area (Å²) in [5.74, 6) is 2.06. The minimum Gasteiger partial charge on any atom is -0.374 e. The SMILES string of the molecule is CNc1cc(-n2nc(C)cc2Nc2cc(C(=O)Cc3cncc(C(C)(C)OC)c3)ccc2C)ncn1. The summed E-state index contributed by atoms with van der Waals surface area (Å²) in [5.41, 5.74) is 4.55. The van der Waals surface area contributed by atoms with E-state index >= 15 is 0 Å². The van der Waals surface area contributed by atoms with Gasteiger partial charge in [0, 0.05) is 61.9 Å². The maximum atomic E-state index is 13.2. The van der Waals surface area contributed by atoms with Crippen LogP contribution in [0, 0.1) is 13.8 Å². The van der Waals surface area contributed by atoms with Crippen LogP contribution >= 0.6 is 0 Å². The van der Waals surface area contributed by atoms with Crippen molar-refractivity contribution in [2.75, 3.05) is 24.8 Å². The lowest BCUT2D eigenvalue weighted by Gasteiger charge is -2.23. The maximum Gasteiger partial charge on any atom is 0.167 e. The molecule has 9 nitrogen and oxygen atoms in total. The quantitative estimate of drug-likeness (QED) is 0.327. The highest BCUT2D eigenvalue weighted by Gasteiger charge is 2.21. The van der Waals surface area contributed by atoms with Gasteiger partial charge >= 0.3 is 0 Å². The molecule has 1 aromatic carbocycles. The Labute approximate surface area is 211 Å². The molecule has 0 aliphatic heterocycles. The number of nitrogens with zero attached hydrogens (tertiary/aromatic N) is 5. The number of Topliss-reactive ketones (excluding diaryl/α,β-unsaturated/α-hetero) is 1. The highest BCUT2D eigenvalue weighted by atomic mass is 16.5. The van der Waals surface area contributed by atoms with Gasteiger partial charge in [0.05, 0.1) is 11.3 Å². The number of rotatable bonds is 9. The van der Waals surface area contributed by atoms with Crippen LogP contribution in [0.2, 0.25) is 0 Å². The fraction of sp³-hybridized carbons (Fsp3) is 0.296. The fourth-order valence-corrected chi connectivity index (χ4v) is 3.75. The largest absolute Gasteiger partial charge is 0.374 e. The highest BCUT2D eigenvalue weighted by molar-refractivity contribution is 5.98. The van der Waals surface area contributed by atoms with Gasteiger partial charge in [0.25, 0.3) is 0 Å². The molecule has 0 bridgehead atoms. The van der Waals surface area contributed by atoms with E-state index in [0.717, 1.165) is 33.9 Å². The van der Waals surface area contributed by atoms with Gasteiger partial charge in [0.15, 0.2) is 11.6 Å².